The molecule has 0 aromatic carbocycles. The van der Waals surface area contributed by atoms with Gasteiger partial charge in [-0.25, -0.2) is 0 Å². The van der Waals surface area contributed by atoms with Crippen molar-refractivity contribution in [2.45, 2.75) is 46.5 Å². The van der Waals surface area contributed by atoms with Crippen molar-refractivity contribution in [3.8, 4) is 0 Å². The van der Waals surface area contributed by atoms with E-state index in [0.29, 0.717) is 25.3 Å². The van der Waals surface area contributed by atoms with Crippen LogP contribution >= 0.6 is 0 Å². The molecule has 5 heteroatoms. The van der Waals surface area contributed by atoms with Crippen LogP contribution in [0.1, 0.15) is 46.5 Å². The summed E-state index contributed by atoms with van der Waals surface area (Å²) in [5.74, 6) is 0.399. The molecule has 0 aromatic rings. The number of piperidine rings is 1. The lowest BCUT2D eigenvalue weighted by Crippen LogP contribution is -2.43. The van der Waals surface area contributed by atoms with Gasteiger partial charge in [-0.2, -0.15) is 0 Å². The average Bonchev–Trinajstić information content (AvgIpc) is 2.36. The quantitative estimate of drug-likeness (QED) is 0.654. The number of nitrogens with one attached hydrogen (secondary N) is 3. The van der Waals surface area contributed by atoms with Crippen LogP contribution in [0, 0.1) is 11.3 Å². The van der Waals surface area contributed by atoms with E-state index in [1.165, 1.54) is 0 Å². The Labute approximate surface area is 122 Å². The van der Waals surface area contributed by atoms with Crippen molar-refractivity contribution in [3.05, 3.63) is 0 Å². The second-order valence-corrected chi connectivity index (χ2v) is 6.54. The van der Waals surface area contributed by atoms with Crippen LogP contribution in [0.3, 0.4) is 0 Å². The van der Waals surface area contributed by atoms with E-state index in [4.69, 9.17) is 0 Å². The zero-order valence-electron chi connectivity index (χ0n) is 13.1. The Morgan fingerprint density at radius 1 is 1.15 bits per heavy atom. The first-order valence-electron chi connectivity index (χ1n) is 7.65. The minimum Gasteiger partial charge on any atom is -0.356 e. The fraction of sp³-hybridized carbons (Fsp3) is 0.867. The molecule has 1 saturated heterocycles. The van der Waals surface area contributed by atoms with E-state index in [1.807, 2.05) is 13.8 Å². The van der Waals surface area contributed by atoms with E-state index in [2.05, 4.69) is 22.9 Å². The standard InChI is InChI=1S/C15H29N3O2/c1-12(2)10-14(20)17-7-4-13(19)18-11-15(3)5-8-16-9-6-15/h12,16H,4-11H2,1-3H3,(H,17,20)(H,18,19). The Morgan fingerprint density at radius 3 is 2.40 bits per heavy atom. The fourth-order valence-electron chi connectivity index (χ4n) is 2.37. The van der Waals surface area contributed by atoms with Crippen LogP contribution in [0.15, 0.2) is 0 Å². The van der Waals surface area contributed by atoms with Crippen LogP contribution in [0.4, 0.5) is 0 Å². The topological polar surface area (TPSA) is 70.2 Å². The average molecular weight is 283 g/mol. The van der Waals surface area contributed by atoms with Gasteiger partial charge in [-0.15, -0.1) is 0 Å². The van der Waals surface area contributed by atoms with Gasteiger partial charge in [0.25, 0.3) is 0 Å². The van der Waals surface area contributed by atoms with Crippen molar-refractivity contribution in [2.24, 2.45) is 11.3 Å². The first-order chi connectivity index (χ1) is 9.41. The van der Waals surface area contributed by atoms with Crippen LogP contribution in [0.2, 0.25) is 0 Å². The lowest BCUT2D eigenvalue weighted by molar-refractivity contribution is -0.123. The lowest BCUT2D eigenvalue weighted by Gasteiger charge is -2.34. The zero-order valence-corrected chi connectivity index (χ0v) is 13.1. The lowest BCUT2D eigenvalue weighted by atomic mass is 9.81. The van der Waals surface area contributed by atoms with Gasteiger partial charge in [0.05, 0.1) is 0 Å². The highest BCUT2D eigenvalue weighted by molar-refractivity contribution is 5.79. The van der Waals surface area contributed by atoms with Crippen LogP contribution in [-0.4, -0.2) is 38.0 Å². The first-order valence-corrected chi connectivity index (χ1v) is 7.65. The maximum absolute atomic E-state index is 11.8. The Bertz CT molecular complexity index is 323. The summed E-state index contributed by atoms with van der Waals surface area (Å²) in [5, 5.41) is 9.10. The van der Waals surface area contributed by atoms with E-state index in [1.54, 1.807) is 0 Å². The molecule has 1 fully saturated rings. The molecule has 1 aliphatic rings. The highest BCUT2D eigenvalue weighted by Gasteiger charge is 2.26. The molecule has 1 rings (SSSR count). The van der Waals surface area contributed by atoms with Gasteiger partial charge in [-0.1, -0.05) is 20.8 Å². The fourth-order valence-corrected chi connectivity index (χ4v) is 2.37. The molecular weight excluding hydrogens is 254 g/mol. The molecular formula is C15H29N3O2. The SMILES string of the molecule is CC(C)CC(=O)NCCC(=O)NCC1(C)CCNCC1. The smallest absolute Gasteiger partial charge is 0.221 e. The number of amides is 2. The molecule has 0 unspecified atom stereocenters. The predicted molar refractivity (Wildman–Crippen MR) is 80.3 cm³/mol. The highest BCUT2D eigenvalue weighted by atomic mass is 16.2. The zero-order chi connectivity index (χ0) is 15.0. The summed E-state index contributed by atoms with van der Waals surface area (Å²) >= 11 is 0. The number of carbonyl (C=O) groups excluding carboxylic acids is 2. The number of rotatable bonds is 7. The van der Waals surface area contributed by atoms with Crippen molar-refractivity contribution in [1.29, 1.82) is 0 Å². The molecule has 0 aliphatic carbocycles. The Kier molecular flexibility index (Phi) is 6.99. The molecule has 20 heavy (non-hydrogen) atoms. The van der Waals surface area contributed by atoms with Crippen molar-refractivity contribution >= 4 is 11.8 Å². The molecule has 3 N–H and O–H groups in total. The second-order valence-electron chi connectivity index (χ2n) is 6.54. The molecule has 0 saturated carbocycles. The third-order valence-corrected chi connectivity index (χ3v) is 3.79. The molecule has 1 heterocycles. The minimum atomic E-state index is 0.0228. The normalized spacial score (nSPS) is 17.8. The Hall–Kier alpha value is -1.10. The van der Waals surface area contributed by atoms with Gasteiger partial charge in [0, 0.05) is 25.9 Å². The van der Waals surface area contributed by atoms with Crippen LogP contribution in [-0.2, 0) is 9.59 Å². The van der Waals surface area contributed by atoms with Crippen molar-refractivity contribution in [1.82, 2.24) is 16.0 Å². The summed E-state index contributed by atoms with van der Waals surface area (Å²) in [7, 11) is 0. The van der Waals surface area contributed by atoms with Crippen LogP contribution in [0.5, 0.6) is 0 Å². The van der Waals surface area contributed by atoms with Gasteiger partial charge >= 0.3 is 0 Å². The maximum Gasteiger partial charge on any atom is 0.221 e. The number of hydrogen-bond acceptors (Lipinski definition) is 3. The summed E-state index contributed by atoms with van der Waals surface area (Å²) in [4.78, 5) is 23.2. The van der Waals surface area contributed by atoms with E-state index in [0.717, 1.165) is 32.5 Å². The van der Waals surface area contributed by atoms with Gasteiger partial charge in [0.15, 0.2) is 0 Å². The minimum absolute atomic E-state index is 0.0228. The van der Waals surface area contributed by atoms with Crippen molar-refractivity contribution in [3.63, 3.8) is 0 Å². The van der Waals surface area contributed by atoms with E-state index in [-0.39, 0.29) is 17.2 Å². The van der Waals surface area contributed by atoms with Gasteiger partial charge in [0.1, 0.15) is 0 Å². The van der Waals surface area contributed by atoms with E-state index < -0.39 is 0 Å². The third kappa shape index (κ3) is 6.89. The molecule has 0 spiro atoms. The predicted octanol–water partition coefficient (Wildman–Crippen LogP) is 1.04. The molecule has 5 nitrogen and oxygen atoms in total. The first kappa shape index (κ1) is 17.0. The van der Waals surface area contributed by atoms with Gasteiger partial charge in [-0.05, 0) is 37.3 Å². The van der Waals surface area contributed by atoms with Gasteiger partial charge in [0.2, 0.25) is 11.8 Å². The third-order valence-electron chi connectivity index (χ3n) is 3.79. The molecule has 0 radical (unpaired) electrons. The highest BCUT2D eigenvalue weighted by Crippen LogP contribution is 2.26. The van der Waals surface area contributed by atoms with Crippen LogP contribution in [0.25, 0.3) is 0 Å². The summed E-state index contributed by atoms with van der Waals surface area (Å²) in [5.41, 5.74) is 0.210. The Morgan fingerprint density at radius 2 is 1.80 bits per heavy atom. The molecule has 0 bridgehead atoms. The van der Waals surface area contributed by atoms with Gasteiger partial charge < -0.3 is 16.0 Å². The summed E-state index contributed by atoms with van der Waals surface area (Å²) in [6, 6.07) is 0. The molecule has 116 valence electrons. The molecule has 0 aromatic heterocycles. The van der Waals surface area contributed by atoms with Crippen molar-refractivity contribution < 1.29 is 9.59 Å². The van der Waals surface area contributed by atoms with Crippen LogP contribution < -0.4 is 16.0 Å². The number of hydrogen-bond donors (Lipinski definition) is 3. The largest absolute Gasteiger partial charge is 0.356 e. The maximum atomic E-state index is 11.8. The Balaban J connectivity index is 2.12. The van der Waals surface area contributed by atoms with Crippen molar-refractivity contribution in [2.75, 3.05) is 26.2 Å². The summed E-state index contributed by atoms with van der Waals surface area (Å²) in [6.45, 7) is 9.44. The van der Waals surface area contributed by atoms with E-state index >= 15 is 0 Å². The molecule has 2 amide bonds. The summed E-state index contributed by atoms with van der Waals surface area (Å²) in [6.07, 6.45) is 3.07. The van der Waals surface area contributed by atoms with E-state index in [9.17, 15) is 9.59 Å². The van der Waals surface area contributed by atoms with Gasteiger partial charge in [-0.3, -0.25) is 9.59 Å². The summed E-state index contributed by atoms with van der Waals surface area (Å²) < 4.78 is 0. The molecule has 1 aliphatic heterocycles. The molecule has 0 atom stereocenters. The monoisotopic (exact) mass is 283 g/mol. The second kappa shape index (κ2) is 8.25. The number of carbonyl (C=O) groups is 2.